The molecule has 2 N–H and O–H groups in total. The lowest BCUT2D eigenvalue weighted by Crippen LogP contribution is -2.56. The molecule has 5 rings (SSSR count). The molecule has 2 heterocycles. The van der Waals surface area contributed by atoms with Gasteiger partial charge in [0.25, 0.3) is 0 Å². The smallest absolute Gasteiger partial charge is 0.137 e. The monoisotopic (exact) mass is 656 g/mol. The second kappa shape index (κ2) is 14.8. The fourth-order valence-corrected chi connectivity index (χ4v) is 6.50. The second-order valence-electron chi connectivity index (χ2n) is 14.0. The number of aromatic nitrogens is 2. The molecule has 0 amide bonds. The van der Waals surface area contributed by atoms with Crippen LogP contribution in [0.1, 0.15) is 88.0 Å². The minimum Gasteiger partial charge on any atom is -0.342 e. The molecule has 1 unspecified atom stereocenters. The number of halogens is 3. The van der Waals surface area contributed by atoms with Crippen molar-refractivity contribution in [2.45, 2.75) is 77.7 Å². The van der Waals surface area contributed by atoms with Crippen molar-refractivity contribution in [1.82, 2.24) is 20.2 Å². The van der Waals surface area contributed by atoms with Crippen LogP contribution in [-0.4, -0.2) is 41.0 Å². The molecule has 0 spiro atoms. The van der Waals surface area contributed by atoms with E-state index in [0.29, 0.717) is 0 Å². The maximum atomic E-state index is 5.42. The molecular weight excluding hydrogens is 607 g/mol. The van der Waals surface area contributed by atoms with Crippen LogP contribution < -0.4 is 5.32 Å². The van der Waals surface area contributed by atoms with Crippen LogP contribution in [-0.2, 0) is 16.4 Å². The highest BCUT2D eigenvalue weighted by atomic mass is 35.5. The van der Waals surface area contributed by atoms with Crippen LogP contribution in [0.3, 0.4) is 0 Å². The van der Waals surface area contributed by atoms with E-state index in [-0.39, 0.29) is 59.5 Å². The first-order valence-corrected chi connectivity index (χ1v) is 15.2. The summed E-state index contributed by atoms with van der Waals surface area (Å²) in [5.74, 6) is 1.01. The summed E-state index contributed by atoms with van der Waals surface area (Å²) < 4.78 is 0. The number of H-pyrrole nitrogens is 1. The summed E-state index contributed by atoms with van der Waals surface area (Å²) in [5.41, 5.74) is 8.51. The van der Waals surface area contributed by atoms with E-state index in [1.807, 2.05) is 0 Å². The molecule has 4 nitrogen and oxygen atoms in total. The predicted octanol–water partition coefficient (Wildman–Crippen LogP) is 9.20. The molecule has 0 radical (unpaired) electrons. The van der Waals surface area contributed by atoms with Gasteiger partial charge in [-0.3, -0.25) is 4.90 Å². The third kappa shape index (κ3) is 7.71. The Morgan fingerprint density at radius 3 is 1.66 bits per heavy atom. The number of aromatic amines is 1. The third-order valence-corrected chi connectivity index (χ3v) is 8.92. The number of piperazine rings is 1. The zero-order valence-corrected chi connectivity index (χ0v) is 30.0. The minimum absolute atomic E-state index is 0. The molecule has 0 aliphatic carbocycles. The van der Waals surface area contributed by atoms with Crippen molar-refractivity contribution >= 4 is 37.2 Å². The molecule has 1 atom stereocenters. The number of nitrogens with one attached hydrogen (secondary N) is 2. The zero-order chi connectivity index (χ0) is 29.4. The van der Waals surface area contributed by atoms with Crippen molar-refractivity contribution in [3.8, 4) is 11.4 Å². The molecule has 7 heteroatoms. The van der Waals surface area contributed by atoms with Crippen molar-refractivity contribution < 1.29 is 0 Å². The summed E-state index contributed by atoms with van der Waals surface area (Å²) in [6.07, 6.45) is 0. The summed E-state index contributed by atoms with van der Waals surface area (Å²) in [4.78, 5) is 11.8. The van der Waals surface area contributed by atoms with E-state index in [1.165, 1.54) is 22.3 Å². The fraction of sp³-hybridized carbons (Fsp3) is 0.432. The predicted molar refractivity (Wildman–Crippen MR) is 194 cm³/mol. The van der Waals surface area contributed by atoms with E-state index >= 15 is 0 Å². The van der Waals surface area contributed by atoms with Crippen molar-refractivity contribution in [3.63, 3.8) is 0 Å². The van der Waals surface area contributed by atoms with E-state index < -0.39 is 0 Å². The summed E-state index contributed by atoms with van der Waals surface area (Å²) in [6, 6.07) is 29.2. The van der Waals surface area contributed by atoms with Gasteiger partial charge < -0.3 is 10.3 Å². The van der Waals surface area contributed by atoms with Gasteiger partial charge in [-0.1, -0.05) is 120 Å². The Kier molecular flexibility index (Phi) is 12.8. The number of hydrogen-bond donors (Lipinski definition) is 2. The van der Waals surface area contributed by atoms with E-state index in [2.05, 4.69) is 149 Å². The van der Waals surface area contributed by atoms with E-state index in [1.54, 1.807) is 0 Å². The van der Waals surface area contributed by atoms with Crippen LogP contribution in [0.25, 0.3) is 11.4 Å². The van der Waals surface area contributed by atoms with Crippen molar-refractivity contribution in [3.05, 3.63) is 113 Å². The molecule has 0 saturated carbocycles. The van der Waals surface area contributed by atoms with Crippen LogP contribution in [0.2, 0.25) is 0 Å². The molecule has 4 aromatic rings. The highest BCUT2D eigenvalue weighted by Gasteiger charge is 2.46. The van der Waals surface area contributed by atoms with Gasteiger partial charge in [0, 0.05) is 43.4 Å². The number of imidazole rings is 1. The summed E-state index contributed by atoms with van der Waals surface area (Å²) in [7, 11) is 0. The van der Waals surface area contributed by atoms with Gasteiger partial charge in [0.05, 0.1) is 11.2 Å². The van der Waals surface area contributed by atoms with Gasteiger partial charge in [-0.2, -0.15) is 0 Å². The lowest BCUT2D eigenvalue weighted by Gasteiger charge is -2.48. The average molecular weight is 658 g/mol. The van der Waals surface area contributed by atoms with E-state index in [9.17, 15) is 0 Å². The second-order valence-corrected chi connectivity index (χ2v) is 14.0. The van der Waals surface area contributed by atoms with Crippen LogP contribution in [0.4, 0.5) is 0 Å². The summed E-state index contributed by atoms with van der Waals surface area (Å²) >= 11 is 0. The maximum absolute atomic E-state index is 5.42. The Bertz CT molecular complexity index is 1420. The third-order valence-electron chi connectivity index (χ3n) is 8.92. The lowest BCUT2D eigenvalue weighted by molar-refractivity contribution is 0.0672. The molecule has 240 valence electrons. The van der Waals surface area contributed by atoms with Gasteiger partial charge >= 0.3 is 0 Å². The van der Waals surface area contributed by atoms with Crippen molar-refractivity contribution in [2.24, 2.45) is 0 Å². The number of aryl methyl sites for hydroxylation is 1. The Morgan fingerprint density at radius 1 is 0.682 bits per heavy atom. The Labute approximate surface area is 284 Å². The highest BCUT2D eigenvalue weighted by molar-refractivity contribution is 5.86. The molecule has 1 aromatic heterocycles. The molecular formula is C37H51Cl3N4. The quantitative estimate of drug-likeness (QED) is 0.217. The van der Waals surface area contributed by atoms with Gasteiger partial charge in [-0.15, -0.1) is 37.2 Å². The first-order chi connectivity index (χ1) is 19.4. The number of hydrogen-bond acceptors (Lipinski definition) is 3. The molecule has 0 bridgehead atoms. The zero-order valence-electron chi connectivity index (χ0n) is 27.5. The number of rotatable bonds is 6. The molecule has 1 saturated heterocycles. The van der Waals surface area contributed by atoms with Gasteiger partial charge in [0.2, 0.25) is 0 Å². The Hall–Kier alpha value is -2.34. The molecule has 1 aliphatic heterocycles. The standard InChI is InChI=1S/C37H48N4.3ClH/c1-26-33(40-34(39-26)27-14-10-9-11-15-27)37(8,41-22-20-38-21-23-41)32(28-16-12-18-30(24-28)35(2,3)4)29-17-13-19-31(25-29)36(5,6)7;;;/h9-19,24-25,32,38H,20-23H2,1-8H3,(H,39,40);3*1H. The lowest BCUT2D eigenvalue weighted by atomic mass is 9.70. The molecule has 1 fully saturated rings. The van der Waals surface area contributed by atoms with Gasteiger partial charge in [-0.25, -0.2) is 4.98 Å². The van der Waals surface area contributed by atoms with E-state index in [0.717, 1.165) is 49.0 Å². The average Bonchev–Trinajstić information content (AvgIpc) is 3.35. The highest BCUT2D eigenvalue weighted by Crippen LogP contribution is 2.48. The summed E-state index contributed by atoms with van der Waals surface area (Å²) in [5, 5.41) is 3.59. The topological polar surface area (TPSA) is 44.0 Å². The number of nitrogens with zero attached hydrogens (tertiary/aromatic N) is 2. The van der Waals surface area contributed by atoms with Crippen LogP contribution in [0.5, 0.6) is 0 Å². The minimum atomic E-state index is -0.386. The molecule has 44 heavy (non-hydrogen) atoms. The maximum Gasteiger partial charge on any atom is 0.137 e. The molecule has 3 aromatic carbocycles. The largest absolute Gasteiger partial charge is 0.342 e. The van der Waals surface area contributed by atoms with Crippen LogP contribution in [0, 0.1) is 6.92 Å². The fourth-order valence-electron chi connectivity index (χ4n) is 6.50. The van der Waals surface area contributed by atoms with E-state index in [4.69, 9.17) is 4.98 Å². The van der Waals surface area contributed by atoms with Gasteiger partial charge in [-0.05, 0) is 46.9 Å². The first-order valence-electron chi connectivity index (χ1n) is 15.2. The number of benzene rings is 3. The van der Waals surface area contributed by atoms with Crippen molar-refractivity contribution in [1.29, 1.82) is 0 Å². The SMILES string of the molecule is Cc1[nH]c(-c2ccccc2)nc1C(C)(C(c1cccc(C(C)(C)C)c1)c1cccc(C(C)(C)C)c1)N1CCNCC1.Cl.Cl.Cl. The van der Waals surface area contributed by atoms with Crippen LogP contribution >= 0.6 is 37.2 Å². The summed E-state index contributed by atoms with van der Waals surface area (Å²) in [6.45, 7) is 22.4. The molecule has 1 aliphatic rings. The first kappa shape index (κ1) is 37.8. The van der Waals surface area contributed by atoms with Crippen molar-refractivity contribution in [2.75, 3.05) is 26.2 Å². The Morgan fingerprint density at radius 2 is 1.18 bits per heavy atom. The van der Waals surface area contributed by atoms with Gasteiger partial charge in [0.15, 0.2) is 0 Å². The normalized spacial score (nSPS) is 15.5. The Balaban J connectivity index is 0.00000225. The van der Waals surface area contributed by atoms with Crippen LogP contribution in [0.15, 0.2) is 78.9 Å². The van der Waals surface area contributed by atoms with Gasteiger partial charge in [0.1, 0.15) is 5.82 Å².